The van der Waals surface area contributed by atoms with Gasteiger partial charge >= 0.3 is 0 Å². The minimum atomic E-state index is -3.41. The van der Waals surface area contributed by atoms with Crippen LogP contribution in [0.15, 0.2) is 16.3 Å². The van der Waals surface area contributed by atoms with Crippen molar-refractivity contribution in [1.82, 2.24) is 14.9 Å². The van der Waals surface area contributed by atoms with Crippen LogP contribution < -0.4 is 10.6 Å². The summed E-state index contributed by atoms with van der Waals surface area (Å²) in [5.74, 6) is -0.126. The minimum Gasteiger partial charge on any atom is -0.351 e. The van der Waals surface area contributed by atoms with Crippen LogP contribution in [-0.2, 0) is 21.4 Å². The fraction of sp³-hybridized carbons (Fsp3) is 0.583. The molecule has 1 aromatic rings. The summed E-state index contributed by atoms with van der Waals surface area (Å²) in [6, 6.07) is 3.53. The zero-order chi connectivity index (χ0) is 14.8. The molecule has 21 heavy (non-hydrogen) atoms. The molecule has 1 atom stereocenters. The Labute approximate surface area is 135 Å². The van der Waals surface area contributed by atoms with Gasteiger partial charge in [-0.3, -0.25) is 4.79 Å². The van der Waals surface area contributed by atoms with Crippen LogP contribution in [0, 0.1) is 0 Å². The van der Waals surface area contributed by atoms with Crippen LogP contribution in [0.3, 0.4) is 0 Å². The number of thiophene rings is 1. The molecule has 1 aliphatic rings. The van der Waals surface area contributed by atoms with Crippen molar-refractivity contribution >= 4 is 39.7 Å². The first-order chi connectivity index (χ1) is 9.39. The molecule has 2 heterocycles. The second-order valence-electron chi connectivity index (χ2n) is 4.85. The van der Waals surface area contributed by atoms with Crippen molar-refractivity contribution in [1.29, 1.82) is 0 Å². The zero-order valence-electron chi connectivity index (χ0n) is 12.0. The molecule has 1 aromatic heterocycles. The summed E-state index contributed by atoms with van der Waals surface area (Å²) in [6.07, 6.45) is 0. The van der Waals surface area contributed by atoms with Crippen molar-refractivity contribution in [3.05, 3.63) is 17.0 Å². The molecule has 0 aliphatic carbocycles. The van der Waals surface area contributed by atoms with Gasteiger partial charge in [0.2, 0.25) is 5.91 Å². The zero-order valence-corrected chi connectivity index (χ0v) is 14.4. The number of sulfonamides is 1. The molecule has 1 amide bonds. The third kappa shape index (κ3) is 4.65. The Balaban J connectivity index is 0.00000220. The third-order valence-corrected chi connectivity index (χ3v) is 6.49. The third-order valence-electron chi connectivity index (χ3n) is 3.07. The average Bonchev–Trinajstić information content (AvgIpc) is 2.86. The molecule has 1 unspecified atom stereocenters. The van der Waals surface area contributed by atoms with Crippen LogP contribution in [0.2, 0.25) is 0 Å². The van der Waals surface area contributed by atoms with Crippen molar-refractivity contribution < 1.29 is 13.2 Å². The van der Waals surface area contributed by atoms with Crippen LogP contribution in [0.1, 0.15) is 18.7 Å². The van der Waals surface area contributed by atoms with E-state index >= 15 is 0 Å². The van der Waals surface area contributed by atoms with Crippen LogP contribution in [0.5, 0.6) is 0 Å². The Morgan fingerprint density at radius 1 is 1.52 bits per heavy atom. The van der Waals surface area contributed by atoms with Crippen LogP contribution in [0.4, 0.5) is 0 Å². The highest BCUT2D eigenvalue weighted by Gasteiger charge is 2.29. The minimum absolute atomic E-state index is 0. The molecular weight excluding hydrogens is 334 g/mol. The maximum Gasteiger partial charge on any atom is 0.252 e. The molecule has 120 valence electrons. The number of nitrogens with zero attached hydrogens (tertiary/aromatic N) is 1. The van der Waals surface area contributed by atoms with Gasteiger partial charge in [-0.2, -0.15) is 4.31 Å². The fourth-order valence-corrected chi connectivity index (χ4v) is 5.03. The van der Waals surface area contributed by atoms with Gasteiger partial charge in [0.25, 0.3) is 10.0 Å². The number of carbonyl (C=O) groups is 1. The molecule has 0 radical (unpaired) electrons. The van der Waals surface area contributed by atoms with Gasteiger partial charge in [-0.25, -0.2) is 8.42 Å². The summed E-state index contributed by atoms with van der Waals surface area (Å²) in [7, 11) is -3.41. The van der Waals surface area contributed by atoms with Gasteiger partial charge in [-0.1, -0.05) is 0 Å². The lowest BCUT2D eigenvalue weighted by molar-refractivity contribution is -0.119. The van der Waals surface area contributed by atoms with E-state index in [1.165, 1.54) is 22.6 Å². The molecule has 0 saturated carbocycles. The van der Waals surface area contributed by atoms with Gasteiger partial charge in [0, 0.05) is 37.5 Å². The number of piperazine rings is 1. The molecule has 1 fully saturated rings. The highest BCUT2D eigenvalue weighted by atomic mass is 35.5. The van der Waals surface area contributed by atoms with Gasteiger partial charge in [-0.05, 0) is 19.1 Å². The molecular formula is C12H20ClN3O3S2. The quantitative estimate of drug-likeness (QED) is 0.838. The topological polar surface area (TPSA) is 78.5 Å². The molecule has 0 spiro atoms. The summed E-state index contributed by atoms with van der Waals surface area (Å²) in [5.41, 5.74) is 0. The van der Waals surface area contributed by atoms with Gasteiger partial charge in [0.15, 0.2) is 0 Å². The van der Waals surface area contributed by atoms with E-state index in [1.54, 1.807) is 12.1 Å². The number of carbonyl (C=O) groups excluding carboxylic acids is 1. The molecule has 2 rings (SSSR count). The summed E-state index contributed by atoms with van der Waals surface area (Å²) in [4.78, 5) is 11.7. The Morgan fingerprint density at radius 3 is 2.86 bits per heavy atom. The molecule has 2 N–H and O–H groups in total. The number of hydrogen-bond acceptors (Lipinski definition) is 5. The summed E-state index contributed by atoms with van der Waals surface area (Å²) in [5, 5.41) is 5.89. The first-order valence-corrected chi connectivity index (χ1v) is 8.72. The Morgan fingerprint density at radius 2 is 2.24 bits per heavy atom. The van der Waals surface area contributed by atoms with E-state index in [2.05, 4.69) is 10.6 Å². The number of hydrogen-bond donors (Lipinski definition) is 2. The highest BCUT2D eigenvalue weighted by Crippen LogP contribution is 2.25. The largest absolute Gasteiger partial charge is 0.351 e. The van der Waals surface area contributed by atoms with Crippen LogP contribution >= 0.6 is 23.7 Å². The lowest BCUT2D eigenvalue weighted by Gasteiger charge is -2.30. The fourth-order valence-electron chi connectivity index (χ4n) is 2.05. The highest BCUT2D eigenvalue weighted by molar-refractivity contribution is 7.91. The van der Waals surface area contributed by atoms with E-state index in [-0.39, 0.29) is 24.4 Å². The maximum absolute atomic E-state index is 12.5. The van der Waals surface area contributed by atoms with Crippen LogP contribution in [-0.4, -0.2) is 44.3 Å². The first-order valence-electron chi connectivity index (χ1n) is 6.46. The van der Waals surface area contributed by atoms with E-state index in [0.717, 1.165) is 4.88 Å². The molecule has 1 aliphatic heterocycles. The van der Waals surface area contributed by atoms with E-state index in [1.807, 2.05) is 6.92 Å². The van der Waals surface area contributed by atoms with Gasteiger partial charge in [0.05, 0.1) is 6.54 Å². The molecule has 6 nitrogen and oxygen atoms in total. The van der Waals surface area contributed by atoms with E-state index in [9.17, 15) is 13.2 Å². The molecule has 9 heteroatoms. The predicted octanol–water partition coefficient (Wildman–Crippen LogP) is 0.788. The standard InChI is InChI=1S/C12H19N3O3S2.ClH/c1-9-8-15(6-5-13-9)20(17,18)12-4-3-11(19-12)7-14-10(2)16;/h3-4,9,13H,5-8H2,1-2H3,(H,14,16);1H. The Bertz CT molecular complexity index is 588. The molecule has 0 aromatic carbocycles. The predicted molar refractivity (Wildman–Crippen MR) is 85.3 cm³/mol. The summed E-state index contributed by atoms with van der Waals surface area (Å²) in [6.45, 7) is 5.43. The van der Waals surface area contributed by atoms with Crippen molar-refractivity contribution in [3.8, 4) is 0 Å². The molecule has 1 saturated heterocycles. The van der Waals surface area contributed by atoms with Crippen molar-refractivity contribution in [2.24, 2.45) is 0 Å². The first kappa shape index (κ1) is 18.4. The summed E-state index contributed by atoms with van der Waals surface area (Å²) >= 11 is 1.21. The second kappa shape index (κ2) is 7.55. The van der Waals surface area contributed by atoms with E-state index < -0.39 is 10.0 Å². The van der Waals surface area contributed by atoms with Gasteiger partial charge < -0.3 is 10.6 Å². The lowest BCUT2D eigenvalue weighted by atomic mass is 10.3. The normalized spacial score (nSPS) is 19.8. The van der Waals surface area contributed by atoms with Gasteiger partial charge in [0.1, 0.15) is 4.21 Å². The molecule has 0 bridgehead atoms. The SMILES string of the molecule is CC(=O)NCc1ccc(S(=O)(=O)N2CCNC(C)C2)s1.Cl. The van der Waals surface area contributed by atoms with Crippen LogP contribution in [0.25, 0.3) is 0 Å². The maximum atomic E-state index is 12.5. The van der Waals surface area contributed by atoms with Gasteiger partial charge in [-0.15, -0.1) is 23.7 Å². The number of halogens is 1. The van der Waals surface area contributed by atoms with Crippen molar-refractivity contribution in [3.63, 3.8) is 0 Å². The average molecular weight is 354 g/mol. The Kier molecular flexibility index (Phi) is 6.61. The summed E-state index contributed by atoms with van der Waals surface area (Å²) < 4.78 is 26.9. The van der Waals surface area contributed by atoms with E-state index in [4.69, 9.17) is 0 Å². The number of rotatable bonds is 4. The monoisotopic (exact) mass is 353 g/mol. The second-order valence-corrected chi connectivity index (χ2v) is 8.18. The lowest BCUT2D eigenvalue weighted by Crippen LogP contribution is -2.51. The van der Waals surface area contributed by atoms with E-state index in [0.29, 0.717) is 30.4 Å². The Hall–Kier alpha value is -0.670. The van der Waals surface area contributed by atoms with Crippen molar-refractivity contribution in [2.75, 3.05) is 19.6 Å². The smallest absolute Gasteiger partial charge is 0.252 e. The van der Waals surface area contributed by atoms with Crippen molar-refractivity contribution in [2.45, 2.75) is 30.6 Å². The number of amides is 1. The number of nitrogens with one attached hydrogen (secondary N) is 2.